The Bertz CT molecular complexity index is 746. The smallest absolute Gasteiger partial charge is 0.220 e. The minimum absolute atomic E-state index is 0.316. The Balaban J connectivity index is 1.90. The Morgan fingerprint density at radius 3 is 2.63 bits per heavy atom. The molecule has 1 aromatic heterocycles. The standard InChI is InChI=1S/C15H9BrFNO/c16-11-4-1-10(2-5-11)3-8-15-18-13-9-12(17)6-7-14(13)19-15/h1-9H/b8-3+. The number of hydrogen-bond donors (Lipinski definition) is 0. The van der Waals surface area contributed by atoms with Gasteiger partial charge in [0.15, 0.2) is 5.58 Å². The Morgan fingerprint density at radius 1 is 1.05 bits per heavy atom. The van der Waals surface area contributed by atoms with Gasteiger partial charge in [-0.05, 0) is 35.9 Å². The van der Waals surface area contributed by atoms with E-state index in [0.29, 0.717) is 17.0 Å². The minimum atomic E-state index is -0.316. The van der Waals surface area contributed by atoms with Crippen molar-refractivity contribution in [3.05, 3.63) is 64.2 Å². The summed E-state index contributed by atoms with van der Waals surface area (Å²) in [4.78, 5) is 4.20. The molecule has 94 valence electrons. The van der Waals surface area contributed by atoms with Crippen molar-refractivity contribution < 1.29 is 8.81 Å². The lowest BCUT2D eigenvalue weighted by Crippen LogP contribution is -1.73. The van der Waals surface area contributed by atoms with Gasteiger partial charge < -0.3 is 4.42 Å². The van der Waals surface area contributed by atoms with Crippen LogP contribution in [0.4, 0.5) is 4.39 Å². The second kappa shape index (κ2) is 4.97. The fraction of sp³-hybridized carbons (Fsp3) is 0. The summed E-state index contributed by atoms with van der Waals surface area (Å²) in [6.07, 6.45) is 3.66. The van der Waals surface area contributed by atoms with Crippen molar-refractivity contribution in [3.8, 4) is 0 Å². The third-order valence-corrected chi connectivity index (χ3v) is 3.18. The molecule has 0 aliphatic rings. The Labute approximate surface area is 117 Å². The van der Waals surface area contributed by atoms with E-state index in [9.17, 15) is 4.39 Å². The van der Waals surface area contributed by atoms with Crippen LogP contribution < -0.4 is 0 Å². The topological polar surface area (TPSA) is 26.0 Å². The molecule has 3 rings (SSSR count). The first-order valence-electron chi connectivity index (χ1n) is 5.70. The fourth-order valence-electron chi connectivity index (χ4n) is 1.73. The molecule has 2 aromatic carbocycles. The first-order chi connectivity index (χ1) is 9.20. The average Bonchev–Trinajstić information content (AvgIpc) is 2.80. The van der Waals surface area contributed by atoms with Crippen molar-refractivity contribution >= 4 is 39.2 Å². The molecular formula is C15H9BrFNO. The van der Waals surface area contributed by atoms with Crippen molar-refractivity contribution in [1.29, 1.82) is 0 Å². The SMILES string of the molecule is Fc1ccc2oc(/C=C/c3ccc(Br)cc3)nc2c1. The molecule has 0 saturated carbocycles. The molecule has 0 unspecified atom stereocenters. The van der Waals surface area contributed by atoms with Crippen LogP contribution in [0, 0.1) is 5.82 Å². The van der Waals surface area contributed by atoms with E-state index in [4.69, 9.17) is 4.42 Å². The van der Waals surface area contributed by atoms with E-state index in [1.165, 1.54) is 12.1 Å². The summed E-state index contributed by atoms with van der Waals surface area (Å²) >= 11 is 3.38. The maximum absolute atomic E-state index is 13.0. The molecule has 2 nitrogen and oxygen atoms in total. The number of hydrogen-bond acceptors (Lipinski definition) is 2. The molecule has 0 saturated heterocycles. The van der Waals surface area contributed by atoms with Crippen LogP contribution in [-0.4, -0.2) is 4.98 Å². The predicted molar refractivity (Wildman–Crippen MR) is 77.0 cm³/mol. The number of benzene rings is 2. The second-order valence-corrected chi connectivity index (χ2v) is 4.96. The molecule has 0 amide bonds. The summed E-state index contributed by atoms with van der Waals surface area (Å²) in [5.74, 6) is 0.146. The number of fused-ring (bicyclic) bond motifs is 1. The average molecular weight is 318 g/mol. The van der Waals surface area contributed by atoms with Gasteiger partial charge in [-0.1, -0.05) is 28.1 Å². The zero-order chi connectivity index (χ0) is 13.2. The summed E-state index contributed by atoms with van der Waals surface area (Å²) in [5.41, 5.74) is 2.14. The van der Waals surface area contributed by atoms with Gasteiger partial charge in [0.1, 0.15) is 11.3 Å². The molecule has 4 heteroatoms. The molecule has 0 aliphatic carbocycles. The van der Waals surface area contributed by atoms with E-state index >= 15 is 0 Å². The first kappa shape index (κ1) is 12.1. The van der Waals surface area contributed by atoms with Crippen molar-refractivity contribution in [1.82, 2.24) is 4.98 Å². The quantitative estimate of drug-likeness (QED) is 0.672. The van der Waals surface area contributed by atoms with Gasteiger partial charge in [0.25, 0.3) is 0 Å². The monoisotopic (exact) mass is 317 g/mol. The molecule has 0 bridgehead atoms. The lowest BCUT2D eigenvalue weighted by Gasteiger charge is -1.92. The van der Waals surface area contributed by atoms with Crippen LogP contribution in [0.15, 0.2) is 51.4 Å². The molecule has 0 N–H and O–H groups in total. The summed E-state index contributed by atoms with van der Waals surface area (Å²) in [5, 5.41) is 0. The minimum Gasteiger partial charge on any atom is -0.437 e. The van der Waals surface area contributed by atoms with Crippen LogP contribution in [0.5, 0.6) is 0 Å². The van der Waals surface area contributed by atoms with Crippen LogP contribution >= 0.6 is 15.9 Å². The van der Waals surface area contributed by atoms with Crippen LogP contribution in [0.25, 0.3) is 23.3 Å². The Hall–Kier alpha value is -1.94. The highest BCUT2D eigenvalue weighted by atomic mass is 79.9. The van der Waals surface area contributed by atoms with Crippen molar-refractivity contribution in [3.63, 3.8) is 0 Å². The predicted octanol–water partition coefficient (Wildman–Crippen LogP) is 4.90. The van der Waals surface area contributed by atoms with Crippen LogP contribution in [-0.2, 0) is 0 Å². The number of halogens is 2. The summed E-state index contributed by atoms with van der Waals surface area (Å²) < 4.78 is 19.6. The van der Waals surface area contributed by atoms with Gasteiger partial charge in [0.05, 0.1) is 0 Å². The molecule has 0 radical (unpaired) electrons. The largest absolute Gasteiger partial charge is 0.437 e. The molecule has 3 aromatic rings. The summed E-state index contributed by atoms with van der Waals surface area (Å²) in [6, 6.07) is 12.2. The van der Waals surface area contributed by atoms with Crippen molar-refractivity contribution in [2.45, 2.75) is 0 Å². The van der Waals surface area contributed by atoms with E-state index < -0.39 is 0 Å². The summed E-state index contributed by atoms with van der Waals surface area (Å²) in [6.45, 7) is 0. The molecule has 0 atom stereocenters. The zero-order valence-electron chi connectivity index (χ0n) is 9.81. The maximum Gasteiger partial charge on any atom is 0.220 e. The molecule has 0 aliphatic heterocycles. The van der Waals surface area contributed by atoms with Gasteiger partial charge in [-0.15, -0.1) is 0 Å². The molecule has 1 heterocycles. The first-order valence-corrected chi connectivity index (χ1v) is 6.50. The highest BCUT2D eigenvalue weighted by Gasteiger charge is 2.03. The van der Waals surface area contributed by atoms with Crippen molar-refractivity contribution in [2.75, 3.05) is 0 Å². The molecule has 0 spiro atoms. The van der Waals surface area contributed by atoms with E-state index in [0.717, 1.165) is 10.0 Å². The maximum atomic E-state index is 13.0. The highest BCUT2D eigenvalue weighted by Crippen LogP contribution is 2.18. The number of rotatable bonds is 2. The number of aromatic nitrogens is 1. The fourth-order valence-corrected chi connectivity index (χ4v) is 2.00. The Kier molecular flexibility index (Phi) is 3.17. The van der Waals surface area contributed by atoms with E-state index in [2.05, 4.69) is 20.9 Å². The van der Waals surface area contributed by atoms with Gasteiger partial charge in [0.2, 0.25) is 5.89 Å². The molecule has 19 heavy (non-hydrogen) atoms. The van der Waals surface area contributed by atoms with E-state index in [1.807, 2.05) is 30.3 Å². The van der Waals surface area contributed by atoms with Gasteiger partial charge in [0, 0.05) is 16.6 Å². The van der Waals surface area contributed by atoms with Crippen LogP contribution in [0.2, 0.25) is 0 Å². The second-order valence-electron chi connectivity index (χ2n) is 4.05. The summed E-state index contributed by atoms with van der Waals surface area (Å²) in [7, 11) is 0. The lowest BCUT2D eigenvalue weighted by molar-refractivity contribution is 0.588. The normalized spacial score (nSPS) is 11.5. The van der Waals surface area contributed by atoms with Gasteiger partial charge in [-0.25, -0.2) is 9.37 Å². The van der Waals surface area contributed by atoms with E-state index in [-0.39, 0.29) is 5.82 Å². The highest BCUT2D eigenvalue weighted by molar-refractivity contribution is 9.10. The lowest BCUT2D eigenvalue weighted by atomic mass is 10.2. The van der Waals surface area contributed by atoms with Crippen LogP contribution in [0.1, 0.15) is 11.5 Å². The molecular weight excluding hydrogens is 309 g/mol. The van der Waals surface area contributed by atoms with E-state index in [1.54, 1.807) is 12.1 Å². The third kappa shape index (κ3) is 2.74. The number of nitrogens with zero attached hydrogens (tertiary/aromatic N) is 1. The Morgan fingerprint density at radius 2 is 1.84 bits per heavy atom. The number of oxazole rings is 1. The van der Waals surface area contributed by atoms with Gasteiger partial charge in [-0.3, -0.25) is 0 Å². The van der Waals surface area contributed by atoms with Gasteiger partial charge >= 0.3 is 0 Å². The van der Waals surface area contributed by atoms with Gasteiger partial charge in [-0.2, -0.15) is 0 Å². The zero-order valence-corrected chi connectivity index (χ0v) is 11.4. The molecule has 0 fully saturated rings. The van der Waals surface area contributed by atoms with Crippen molar-refractivity contribution in [2.24, 2.45) is 0 Å². The third-order valence-electron chi connectivity index (χ3n) is 2.65. The van der Waals surface area contributed by atoms with Crippen LogP contribution in [0.3, 0.4) is 0 Å².